The molecule has 0 unspecified atom stereocenters. The molecule has 34 heavy (non-hydrogen) atoms. The van der Waals surface area contributed by atoms with Gasteiger partial charge in [-0.3, -0.25) is 19.9 Å². The van der Waals surface area contributed by atoms with E-state index in [1.807, 2.05) is 12.1 Å². The van der Waals surface area contributed by atoms with Crippen LogP contribution < -0.4 is 10.1 Å². The number of nitro groups is 1. The van der Waals surface area contributed by atoms with Crippen molar-refractivity contribution in [2.45, 2.75) is 12.5 Å². The third-order valence-electron chi connectivity index (χ3n) is 5.14. The second-order valence-electron chi connectivity index (χ2n) is 7.45. The van der Waals surface area contributed by atoms with E-state index in [0.29, 0.717) is 22.4 Å². The Balaban J connectivity index is 1.44. The predicted octanol–water partition coefficient (Wildman–Crippen LogP) is 4.36. The zero-order chi connectivity index (χ0) is 24.1. The summed E-state index contributed by atoms with van der Waals surface area (Å²) in [5.41, 5.74) is 0.800. The van der Waals surface area contributed by atoms with E-state index in [0.717, 1.165) is 5.39 Å². The summed E-state index contributed by atoms with van der Waals surface area (Å²) in [6.45, 7) is 0. The first-order valence-corrected chi connectivity index (χ1v) is 10.3. The minimum absolute atomic E-state index is 0.0387. The van der Waals surface area contributed by atoms with Crippen LogP contribution in [-0.2, 0) is 11.2 Å². The number of nitrogens with one attached hydrogen (secondary N) is 1. The van der Waals surface area contributed by atoms with Gasteiger partial charge in [0.25, 0.3) is 11.6 Å². The standard InChI is InChI=1S/C25H19N3O6/c29-24(23-21-4-2-1-3-17(21)13-14-26-23)27-22(25(30)31)15-16-5-9-19(10-6-16)34-20-11-7-18(8-12-20)28(32)33/h1-14,22H,15H2,(H,27,29)(H,30,31)/t22-/m0/s1. The Morgan fingerprint density at radius 2 is 1.62 bits per heavy atom. The van der Waals surface area contributed by atoms with Gasteiger partial charge in [0.05, 0.1) is 4.92 Å². The molecule has 0 saturated heterocycles. The highest BCUT2D eigenvalue weighted by molar-refractivity contribution is 6.06. The molecule has 9 nitrogen and oxygen atoms in total. The van der Waals surface area contributed by atoms with Gasteiger partial charge in [-0.25, -0.2) is 4.79 Å². The van der Waals surface area contributed by atoms with Gasteiger partial charge in [0.15, 0.2) is 0 Å². The first-order chi connectivity index (χ1) is 16.4. The number of rotatable bonds is 8. The maximum absolute atomic E-state index is 12.8. The Morgan fingerprint density at radius 1 is 0.971 bits per heavy atom. The van der Waals surface area contributed by atoms with E-state index in [2.05, 4.69) is 10.3 Å². The number of carboxylic acid groups (broad SMARTS) is 1. The third kappa shape index (κ3) is 5.16. The number of ether oxygens (including phenoxy) is 1. The van der Waals surface area contributed by atoms with E-state index >= 15 is 0 Å². The highest BCUT2D eigenvalue weighted by Crippen LogP contribution is 2.24. The van der Waals surface area contributed by atoms with Crippen LogP contribution in [-0.4, -0.2) is 32.9 Å². The van der Waals surface area contributed by atoms with E-state index in [4.69, 9.17) is 4.74 Å². The Kier molecular flexibility index (Phi) is 6.45. The first-order valence-electron chi connectivity index (χ1n) is 10.3. The molecule has 2 N–H and O–H groups in total. The van der Waals surface area contributed by atoms with Crippen LogP contribution in [0.1, 0.15) is 16.1 Å². The van der Waals surface area contributed by atoms with Crippen LogP contribution in [0.2, 0.25) is 0 Å². The Labute approximate surface area is 193 Å². The smallest absolute Gasteiger partial charge is 0.326 e. The van der Waals surface area contributed by atoms with Crippen molar-refractivity contribution in [3.63, 3.8) is 0 Å². The molecule has 0 aliphatic carbocycles. The summed E-state index contributed by atoms with van der Waals surface area (Å²) in [5.74, 6) is -0.827. The van der Waals surface area contributed by atoms with Crippen molar-refractivity contribution in [2.24, 2.45) is 0 Å². The highest BCUT2D eigenvalue weighted by Gasteiger charge is 2.23. The van der Waals surface area contributed by atoms with Gasteiger partial charge in [0.2, 0.25) is 0 Å². The van der Waals surface area contributed by atoms with E-state index in [9.17, 15) is 24.8 Å². The Hall–Kier alpha value is -4.79. The van der Waals surface area contributed by atoms with E-state index < -0.39 is 22.8 Å². The molecule has 0 fully saturated rings. The molecule has 170 valence electrons. The molecular weight excluding hydrogens is 438 g/mol. The fourth-order valence-electron chi connectivity index (χ4n) is 3.43. The van der Waals surface area contributed by atoms with E-state index in [-0.39, 0.29) is 17.8 Å². The number of aromatic nitrogens is 1. The lowest BCUT2D eigenvalue weighted by molar-refractivity contribution is -0.384. The van der Waals surface area contributed by atoms with E-state index in [1.54, 1.807) is 42.5 Å². The minimum atomic E-state index is -1.17. The van der Waals surface area contributed by atoms with Crippen LogP contribution in [0.4, 0.5) is 5.69 Å². The number of pyridine rings is 1. The fourth-order valence-corrected chi connectivity index (χ4v) is 3.43. The van der Waals surface area contributed by atoms with Crippen molar-refractivity contribution in [1.29, 1.82) is 0 Å². The summed E-state index contributed by atoms with van der Waals surface area (Å²) in [7, 11) is 0. The number of carbonyl (C=O) groups excluding carboxylic acids is 1. The summed E-state index contributed by atoms with van der Waals surface area (Å²) in [6, 6.07) is 20.2. The van der Waals surface area contributed by atoms with Crippen LogP contribution >= 0.6 is 0 Å². The average molecular weight is 457 g/mol. The summed E-state index contributed by atoms with van der Waals surface area (Å²) in [6.07, 6.45) is 1.57. The number of nitro benzene ring substituents is 1. The van der Waals surface area contributed by atoms with Crippen molar-refractivity contribution in [1.82, 2.24) is 10.3 Å². The van der Waals surface area contributed by atoms with Gasteiger partial charge >= 0.3 is 5.97 Å². The zero-order valence-electron chi connectivity index (χ0n) is 17.8. The highest BCUT2D eigenvalue weighted by atomic mass is 16.6. The van der Waals surface area contributed by atoms with Gasteiger partial charge in [-0.2, -0.15) is 0 Å². The van der Waals surface area contributed by atoms with Gasteiger partial charge in [-0.1, -0.05) is 36.4 Å². The number of hydrogen-bond donors (Lipinski definition) is 2. The lowest BCUT2D eigenvalue weighted by atomic mass is 10.0. The van der Waals surface area contributed by atoms with E-state index in [1.165, 1.54) is 30.5 Å². The first kappa shape index (κ1) is 22.4. The summed E-state index contributed by atoms with van der Waals surface area (Å²) in [4.78, 5) is 39.0. The topological polar surface area (TPSA) is 132 Å². The van der Waals surface area contributed by atoms with Crippen molar-refractivity contribution in [2.75, 3.05) is 0 Å². The second-order valence-corrected chi connectivity index (χ2v) is 7.45. The van der Waals surface area contributed by atoms with Crippen molar-refractivity contribution in [3.05, 3.63) is 106 Å². The molecule has 1 heterocycles. The van der Waals surface area contributed by atoms with Crippen molar-refractivity contribution < 1.29 is 24.4 Å². The van der Waals surface area contributed by atoms with Crippen LogP contribution in [0.25, 0.3) is 10.8 Å². The molecule has 0 bridgehead atoms. The molecule has 1 atom stereocenters. The SMILES string of the molecule is O=C(N[C@@H](Cc1ccc(Oc2ccc([N+](=O)[O-])cc2)cc1)C(=O)O)c1nccc2ccccc12. The zero-order valence-corrected chi connectivity index (χ0v) is 17.8. The third-order valence-corrected chi connectivity index (χ3v) is 5.14. The Morgan fingerprint density at radius 3 is 2.26 bits per heavy atom. The number of carbonyl (C=O) groups is 2. The minimum Gasteiger partial charge on any atom is -0.480 e. The van der Waals surface area contributed by atoms with Crippen molar-refractivity contribution in [3.8, 4) is 11.5 Å². The molecule has 0 radical (unpaired) electrons. The average Bonchev–Trinajstić information content (AvgIpc) is 2.84. The lowest BCUT2D eigenvalue weighted by Gasteiger charge is -2.15. The van der Waals surface area contributed by atoms with Gasteiger partial charge in [-0.15, -0.1) is 0 Å². The van der Waals surface area contributed by atoms with Crippen molar-refractivity contribution >= 4 is 28.3 Å². The number of nitrogens with zero attached hydrogens (tertiary/aromatic N) is 2. The molecular formula is C25H19N3O6. The number of amides is 1. The molecule has 0 spiro atoms. The second kappa shape index (κ2) is 9.78. The molecule has 4 aromatic rings. The number of hydrogen-bond acceptors (Lipinski definition) is 6. The Bertz CT molecular complexity index is 1350. The molecule has 4 rings (SSSR count). The number of aliphatic carboxylic acids is 1. The van der Waals surface area contributed by atoms with Crippen LogP contribution in [0.3, 0.4) is 0 Å². The van der Waals surface area contributed by atoms with Gasteiger partial charge in [0.1, 0.15) is 23.2 Å². The molecule has 1 aromatic heterocycles. The summed E-state index contributed by atoms with van der Waals surface area (Å²) in [5, 5.41) is 24.4. The fraction of sp³-hybridized carbons (Fsp3) is 0.0800. The number of benzene rings is 3. The van der Waals surface area contributed by atoms with Gasteiger partial charge in [-0.05, 0) is 41.3 Å². The maximum Gasteiger partial charge on any atom is 0.326 e. The quantitative estimate of drug-likeness (QED) is 0.297. The van der Waals surface area contributed by atoms with Gasteiger partial charge < -0.3 is 15.2 Å². The summed E-state index contributed by atoms with van der Waals surface area (Å²) < 4.78 is 5.67. The largest absolute Gasteiger partial charge is 0.480 e. The predicted molar refractivity (Wildman–Crippen MR) is 124 cm³/mol. The molecule has 1 amide bonds. The van der Waals surface area contributed by atoms with Crippen LogP contribution in [0, 0.1) is 10.1 Å². The molecule has 9 heteroatoms. The number of carboxylic acids is 1. The maximum atomic E-state index is 12.8. The monoisotopic (exact) mass is 457 g/mol. The number of fused-ring (bicyclic) bond motifs is 1. The normalized spacial score (nSPS) is 11.5. The van der Waals surface area contributed by atoms with Gasteiger partial charge in [0, 0.05) is 30.1 Å². The summed E-state index contributed by atoms with van der Waals surface area (Å²) >= 11 is 0. The molecule has 3 aromatic carbocycles. The van der Waals surface area contributed by atoms with Crippen LogP contribution in [0.15, 0.2) is 85.1 Å². The molecule has 0 saturated carbocycles. The molecule has 0 aliphatic rings. The lowest BCUT2D eigenvalue weighted by Crippen LogP contribution is -2.42. The molecule has 0 aliphatic heterocycles. The van der Waals surface area contributed by atoms with Crippen LogP contribution in [0.5, 0.6) is 11.5 Å². The number of non-ortho nitro benzene ring substituents is 1.